The lowest BCUT2D eigenvalue weighted by Crippen LogP contribution is -2.11. The molecule has 0 aliphatic rings. The van der Waals surface area contributed by atoms with E-state index < -0.39 is 10.0 Å². The molecule has 0 fully saturated rings. The molecule has 0 aliphatic carbocycles. The van der Waals surface area contributed by atoms with Crippen molar-refractivity contribution in [3.63, 3.8) is 0 Å². The van der Waals surface area contributed by atoms with Gasteiger partial charge in [-0.15, -0.1) is 0 Å². The Labute approximate surface area is 201 Å². The van der Waals surface area contributed by atoms with Crippen LogP contribution in [0, 0.1) is 0 Å². The van der Waals surface area contributed by atoms with Gasteiger partial charge in [0.2, 0.25) is 21.9 Å². The summed E-state index contributed by atoms with van der Waals surface area (Å²) in [5.41, 5.74) is 1.09. The molecule has 2 aromatic heterocycles. The van der Waals surface area contributed by atoms with E-state index in [0.717, 1.165) is 6.26 Å². The van der Waals surface area contributed by atoms with Crippen molar-refractivity contribution in [3.05, 3.63) is 41.7 Å². The summed E-state index contributed by atoms with van der Waals surface area (Å²) in [6.07, 6.45) is 3.89. The highest BCUT2D eigenvalue weighted by Gasteiger charge is 2.14. The molecule has 182 valence electrons. The van der Waals surface area contributed by atoms with Crippen LogP contribution in [0.15, 0.2) is 36.7 Å². The van der Waals surface area contributed by atoms with E-state index in [0.29, 0.717) is 22.9 Å². The molecule has 3 rings (SSSR count). The lowest BCUT2D eigenvalue weighted by Gasteiger charge is -2.15. The molecule has 1 aromatic carbocycles. The van der Waals surface area contributed by atoms with E-state index >= 15 is 0 Å². The average molecular weight is 511 g/mol. The largest absolute Gasteiger partial charge is 0.497 e. The summed E-state index contributed by atoms with van der Waals surface area (Å²) < 4.78 is 41.8. The average Bonchev–Trinajstić information content (AvgIpc) is 2.80. The van der Waals surface area contributed by atoms with Gasteiger partial charge in [0.15, 0.2) is 5.82 Å². The number of aliphatic hydroxyl groups excluding tert-OH is 1. The first kappa shape index (κ1) is 25.1. The number of rotatable bonds is 11. The highest BCUT2D eigenvalue weighted by Crippen LogP contribution is 2.33. The molecule has 0 bridgehead atoms. The number of nitrogens with one attached hydrogen (secondary N) is 3. The molecule has 0 atom stereocenters. The topological polar surface area (TPSA) is 157 Å². The van der Waals surface area contributed by atoms with E-state index in [1.165, 1.54) is 32.7 Å². The third kappa shape index (κ3) is 6.73. The molecule has 0 unspecified atom stereocenters. The van der Waals surface area contributed by atoms with Gasteiger partial charge in [-0.3, -0.25) is 4.72 Å². The Balaban J connectivity index is 1.88. The van der Waals surface area contributed by atoms with E-state index in [1.807, 2.05) is 0 Å². The van der Waals surface area contributed by atoms with E-state index in [9.17, 15) is 8.42 Å². The number of benzene rings is 1. The number of pyridine rings is 1. The molecule has 4 N–H and O–H groups in total. The highest BCUT2D eigenvalue weighted by molar-refractivity contribution is 7.92. The van der Waals surface area contributed by atoms with Gasteiger partial charge in [0.1, 0.15) is 28.8 Å². The quantitative estimate of drug-likeness (QED) is 0.300. The molecule has 2 heterocycles. The minimum Gasteiger partial charge on any atom is -0.497 e. The standard InChI is InChI=1S/C20H23ClN6O6S/c1-31-12-4-5-14(15(8-12)27-34(3,29)30)24-19-13(21)10-23-20(26-19)25-16-11-22-18(33-7-6-28)9-17(16)32-2/h4-5,8-11,27-28H,6-7H2,1-3H3,(H2,23,24,25,26). The number of ether oxygens (including phenoxy) is 3. The maximum absolute atomic E-state index is 11.8. The minimum absolute atomic E-state index is 0.0970. The van der Waals surface area contributed by atoms with Crippen LogP contribution >= 0.6 is 11.6 Å². The predicted octanol–water partition coefficient (Wildman–Crippen LogP) is 2.77. The molecule has 34 heavy (non-hydrogen) atoms. The Morgan fingerprint density at radius 2 is 1.82 bits per heavy atom. The first-order valence-electron chi connectivity index (χ1n) is 9.72. The molecule has 3 aromatic rings. The van der Waals surface area contributed by atoms with Crippen molar-refractivity contribution in [2.45, 2.75) is 0 Å². The molecule has 0 saturated heterocycles. The van der Waals surface area contributed by atoms with E-state index in [-0.39, 0.29) is 41.6 Å². The summed E-state index contributed by atoms with van der Waals surface area (Å²) in [5.74, 6) is 1.53. The smallest absolute Gasteiger partial charge is 0.229 e. The number of aromatic nitrogens is 3. The summed E-state index contributed by atoms with van der Waals surface area (Å²) >= 11 is 6.27. The monoisotopic (exact) mass is 510 g/mol. The third-order valence-corrected chi connectivity index (χ3v) is 5.04. The molecular weight excluding hydrogens is 488 g/mol. The van der Waals surface area contributed by atoms with Crippen LogP contribution in [-0.4, -0.2) is 62.2 Å². The van der Waals surface area contributed by atoms with Crippen molar-refractivity contribution in [1.82, 2.24) is 15.0 Å². The van der Waals surface area contributed by atoms with Crippen molar-refractivity contribution in [2.24, 2.45) is 0 Å². The molecule has 0 amide bonds. The Kier molecular flexibility index (Phi) is 8.15. The number of nitrogens with zero attached hydrogens (tertiary/aromatic N) is 3. The molecular formula is C20H23ClN6O6S. The summed E-state index contributed by atoms with van der Waals surface area (Å²) in [6, 6.07) is 6.35. The zero-order valence-electron chi connectivity index (χ0n) is 18.5. The summed E-state index contributed by atoms with van der Waals surface area (Å²) in [6.45, 7) is -0.0478. The number of sulfonamides is 1. The van der Waals surface area contributed by atoms with Gasteiger partial charge in [0.25, 0.3) is 0 Å². The first-order chi connectivity index (χ1) is 16.2. The van der Waals surface area contributed by atoms with Crippen molar-refractivity contribution in [2.75, 3.05) is 49.0 Å². The molecule has 12 nitrogen and oxygen atoms in total. The van der Waals surface area contributed by atoms with Gasteiger partial charge in [-0.25, -0.2) is 18.4 Å². The highest BCUT2D eigenvalue weighted by atomic mass is 35.5. The van der Waals surface area contributed by atoms with Crippen molar-refractivity contribution < 1.29 is 27.7 Å². The van der Waals surface area contributed by atoms with Gasteiger partial charge in [0.05, 0.1) is 50.9 Å². The van der Waals surface area contributed by atoms with Crippen LogP contribution in [0.5, 0.6) is 17.4 Å². The molecule has 14 heteroatoms. The van der Waals surface area contributed by atoms with Crippen molar-refractivity contribution in [1.29, 1.82) is 0 Å². The van der Waals surface area contributed by atoms with Crippen LogP contribution in [-0.2, 0) is 10.0 Å². The SMILES string of the molecule is COc1ccc(Nc2nc(Nc3cnc(OCCO)cc3OC)ncc2Cl)c(NS(C)(=O)=O)c1. The second-order valence-electron chi connectivity index (χ2n) is 6.72. The van der Waals surface area contributed by atoms with Gasteiger partial charge < -0.3 is 30.0 Å². The lowest BCUT2D eigenvalue weighted by atomic mass is 10.2. The van der Waals surface area contributed by atoms with Gasteiger partial charge in [0, 0.05) is 12.1 Å². The predicted molar refractivity (Wildman–Crippen MR) is 128 cm³/mol. The number of hydrogen-bond acceptors (Lipinski definition) is 11. The Hall–Kier alpha value is -3.55. The fourth-order valence-corrected chi connectivity index (χ4v) is 3.42. The Morgan fingerprint density at radius 1 is 1.03 bits per heavy atom. The van der Waals surface area contributed by atoms with Gasteiger partial charge in [-0.2, -0.15) is 4.98 Å². The van der Waals surface area contributed by atoms with E-state index in [1.54, 1.807) is 18.2 Å². The van der Waals surface area contributed by atoms with Crippen molar-refractivity contribution >= 4 is 50.5 Å². The molecule has 0 aliphatic heterocycles. The van der Waals surface area contributed by atoms with Gasteiger partial charge in [-0.1, -0.05) is 11.6 Å². The summed E-state index contributed by atoms with van der Waals surface area (Å²) in [7, 11) is -0.611. The number of hydrogen-bond donors (Lipinski definition) is 4. The second-order valence-corrected chi connectivity index (χ2v) is 8.88. The van der Waals surface area contributed by atoms with Crippen LogP contribution in [0.3, 0.4) is 0 Å². The van der Waals surface area contributed by atoms with Crippen LogP contribution in [0.1, 0.15) is 0 Å². The Morgan fingerprint density at radius 3 is 2.50 bits per heavy atom. The lowest BCUT2D eigenvalue weighted by molar-refractivity contribution is 0.196. The zero-order valence-corrected chi connectivity index (χ0v) is 20.1. The summed E-state index contributed by atoms with van der Waals surface area (Å²) in [4.78, 5) is 12.7. The van der Waals surface area contributed by atoms with Crippen LogP contribution in [0.4, 0.5) is 28.8 Å². The third-order valence-electron chi connectivity index (χ3n) is 4.17. The van der Waals surface area contributed by atoms with Gasteiger partial charge in [-0.05, 0) is 12.1 Å². The van der Waals surface area contributed by atoms with Gasteiger partial charge >= 0.3 is 0 Å². The van der Waals surface area contributed by atoms with E-state index in [2.05, 4.69) is 30.3 Å². The number of aliphatic hydroxyl groups is 1. The van der Waals surface area contributed by atoms with Crippen LogP contribution in [0.2, 0.25) is 5.02 Å². The zero-order chi connectivity index (χ0) is 24.7. The molecule has 0 radical (unpaired) electrons. The van der Waals surface area contributed by atoms with Crippen LogP contribution < -0.4 is 29.6 Å². The normalized spacial score (nSPS) is 11.0. The van der Waals surface area contributed by atoms with E-state index in [4.69, 9.17) is 30.9 Å². The minimum atomic E-state index is -3.56. The number of methoxy groups -OCH3 is 2. The first-order valence-corrected chi connectivity index (χ1v) is 12.0. The fourth-order valence-electron chi connectivity index (χ4n) is 2.72. The molecule has 0 saturated carbocycles. The number of halogens is 1. The maximum Gasteiger partial charge on any atom is 0.229 e. The second kappa shape index (κ2) is 11.0. The van der Waals surface area contributed by atoms with Crippen LogP contribution in [0.25, 0.3) is 0 Å². The Bertz CT molecular complexity index is 1260. The fraction of sp³-hybridized carbons (Fsp3) is 0.250. The maximum atomic E-state index is 11.8. The molecule has 0 spiro atoms. The number of anilines is 5. The van der Waals surface area contributed by atoms with Crippen molar-refractivity contribution in [3.8, 4) is 17.4 Å². The summed E-state index contributed by atoms with van der Waals surface area (Å²) in [5, 5.41) is 15.1.